The molecular formula is C18H12Cl2N4O2. The minimum Gasteiger partial charge on any atom is -0.291 e. The molecule has 0 spiro atoms. The summed E-state index contributed by atoms with van der Waals surface area (Å²) in [4.78, 5) is 32.5. The molecule has 3 rings (SSSR count). The SMILES string of the molecule is O=C(NC(=O)c1c(Cl)cccc1Cl)Nc1cnc(-c2ccccc2)cn1. The minimum absolute atomic E-state index is 0.0245. The maximum absolute atomic E-state index is 12.1. The average Bonchev–Trinajstić information content (AvgIpc) is 2.63. The van der Waals surface area contributed by atoms with E-state index in [-0.39, 0.29) is 21.4 Å². The Morgan fingerprint density at radius 3 is 2.15 bits per heavy atom. The smallest absolute Gasteiger partial charge is 0.291 e. The Balaban J connectivity index is 1.66. The van der Waals surface area contributed by atoms with Crippen molar-refractivity contribution >= 4 is 41.0 Å². The highest BCUT2D eigenvalue weighted by Gasteiger charge is 2.17. The molecule has 0 aliphatic rings. The number of hydrogen-bond acceptors (Lipinski definition) is 4. The molecule has 0 fully saturated rings. The van der Waals surface area contributed by atoms with Gasteiger partial charge in [0.05, 0.1) is 33.7 Å². The number of nitrogens with one attached hydrogen (secondary N) is 2. The molecule has 0 saturated heterocycles. The number of amides is 3. The van der Waals surface area contributed by atoms with E-state index >= 15 is 0 Å². The molecule has 0 unspecified atom stereocenters. The lowest BCUT2D eigenvalue weighted by Gasteiger charge is -2.08. The Morgan fingerprint density at radius 2 is 1.54 bits per heavy atom. The van der Waals surface area contributed by atoms with Gasteiger partial charge in [-0.15, -0.1) is 0 Å². The summed E-state index contributed by atoms with van der Waals surface area (Å²) in [5.41, 5.74) is 1.59. The molecule has 26 heavy (non-hydrogen) atoms. The first kappa shape index (κ1) is 17.8. The highest BCUT2D eigenvalue weighted by Crippen LogP contribution is 2.24. The van der Waals surface area contributed by atoms with Crippen LogP contribution in [-0.4, -0.2) is 21.9 Å². The number of nitrogens with zero attached hydrogens (tertiary/aromatic N) is 2. The highest BCUT2D eigenvalue weighted by molar-refractivity contribution is 6.40. The molecule has 0 bridgehead atoms. The third-order valence-electron chi connectivity index (χ3n) is 3.38. The topological polar surface area (TPSA) is 84.0 Å². The summed E-state index contributed by atoms with van der Waals surface area (Å²) in [5, 5.41) is 4.87. The number of imide groups is 1. The second kappa shape index (κ2) is 7.95. The maximum Gasteiger partial charge on any atom is 0.327 e. The second-order valence-electron chi connectivity index (χ2n) is 5.16. The number of rotatable bonds is 3. The van der Waals surface area contributed by atoms with Gasteiger partial charge in [0.25, 0.3) is 5.91 Å². The third-order valence-corrected chi connectivity index (χ3v) is 4.01. The number of carbonyl (C=O) groups is 2. The molecule has 2 aromatic carbocycles. The Bertz CT molecular complexity index is 927. The van der Waals surface area contributed by atoms with E-state index in [2.05, 4.69) is 20.6 Å². The van der Waals surface area contributed by atoms with E-state index in [0.717, 1.165) is 5.56 Å². The normalized spacial score (nSPS) is 10.2. The Hall–Kier alpha value is -2.96. The van der Waals surface area contributed by atoms with Gasteiger partial charge < -0.3 is 0 Å². The number of anilines is 1. The third kappa shape index (κ3) is 4.17. The summed E-state index contributed by atoms with van der Waals surface area (Å²) >= 11 is 11.9. The molecule has 130 valence electrons. The lowest BCUT2D eigenvalue weighted by Crippen LogP contribution is -2.35. The fraction of sp³-hybridized carbons (Fsp3) is 0. The van der Waals surface area contributed by atoms with Crippen molar-refractivity contribution in [1.82, 2.24) is 15.3 Å². The predicted octanol–water partition coefficient (Wildman–Crippen LogP) is 4.41. The Morgan fingerprint density at radius 1 is 0.846 bits per heavy atom. The predicted molar refractivity (Wildman–Crippen MR) is 100 cm³/mol. The largest absolute Gasteiger partial charge is 0.327 e. The molecule has 8 heteroatoms. The first-order valence-electron chi connectivity index (χ1n) is 7.48. The molecule has 2 N–H and O–H groups in total. The van der Waals surface area contributed by atoms with Crippen LogP contribution in [0.5, 0.6) is 0 Å². The van der Waals surface area contributed by atoms with Crippen molar-refractivity contribution in [1.29, 1.82) is 0 Å². The summed E-state index contributed by atoms with van der Waals surface area (Å²) in [6.45, 7) is 0. The van der Waals surface area contributed by atoms with E-state index in [4.69, 9.17) is 23.2 Å². The van der Waals surface area contributed by atoms with Crippen molar-refractivity contribution in [2.75, 3.05) is 5.32 Å². The maximum atomic E-state index is 12.1. The van der Waals surface area contributed by atoms with Gasteiger partial charge >= 0.3 is 6.03 Å². The van der Waals surface area contributed by atoms with Crippen LogP contribution in [0.25, 0.3) is 11.3 Å². The number of urea groups is 1. The first-order valence-corrected chi connectivity index (χ1v) is 8.24. The summed E-state index contributed by atoms with van der Waals surface area (Å²) in [5.74, 6) is -0.521. The van der Waals surface area contributed by atoms with Gasteiger partial charge in [0.1, 0.15) is 0 Å². The fourth-order valence-corrected chi connectivity index (χ4v) is 2.75. The van der Waals surface area contributed by atoms with Crippen LogP contribution in [0.1, 0.15) is 10.4 Å². The Labute approximate surface area is 159 Å². The number of hydrogen-bond donors (Lipinski definition) is 2. The van der Waals surface area contributed by atoms with E-state index in [0.29, 0.717) is 5.69 Å². The first-order chi connectivity index (χ1) is 12.5. The van der Waals surface area contributed by atoms with E-state index in [1.54, 1.807) is 6.07 Å². The van der Waals surface area contributed by atoms with Gasteiger partial charge in [0, 0.05) is 5.56 Å². The van der Waals surface area contributed by atoms with Gasteiger partial charge in [0.15, 0.2) is 5.82 Å². The van der Waals surface area contributed by atoms with Crippen molar-refractivity contribution < 1.29 is 9.59 Å². The number of halogens is 2. The van der Waals surface area contributed by atoms with Crippen LogP contribution >= 0.6 is 23.2 Å². The fourth-order valence-electron chi connectivity index (χ4n) is 2.18. The van der Waals surface area contributed by atoms with Crippen molar-refractivity contribution in [2.45, 2.75) is 0 Å². The van der Waals surface area contributed by atoms with Crippen molar-refractivity contribution in [3.63, 3.8) is 0 Å². The number of carbonyl (C=O) groups excluding carboxylic acids is 2. The molecule has 0 atom stereocenters. The van der Waals surface area contributed by atoms with E-state index in [9.17, 15) is 9.59 Å². The second-order valence-corrected chi connectivity index (χ2v) is 5.97. The molecule has 1 heterocycles. The van der Waals surface area contributed by atoms with Crippen LogP contribution in [0.3, 0.4) is 0 Å². The van der Waals surface area contributed by atoms with Gasteiger partial charge in [-0.05, 0) is 12.1 Å². The lowest BCUT2D eigenvalue weighted by atomic mass is 10.2. The van der Waals surface area contributed by atoms with Crippen molar-refractivity contribution in [3.8, 4) is 11.3 Å². The number of aromatic nitrogens is 2. The van der Waals surface area contributed by atoms with Gasteiger partial charge in [-0.3, -0.25) is 20.4 Å². The molecule has 0 saturated carbocycles. The number of benzene rings is 2. The molecule has 0 radical (unpaired) electrons. The monoisotopic (exact) mass is 386 g/mol. The van der Waals surface area contributed by atoms with Gasteiger partial charge in [0.2, 0.25) is 0 Å². The molecule has 3 amide bonds. The van der Waals surface area contributed by atoms with Gasteiger partial charge in [-0.25, -0.2) is 9.78 Å². The van der Waals surface area contributed by atoms with Crippen molar-refractivity contribution in [3.05, 3.63) is 76.5 Å². The van der Waals surface area contributed by atoms with Crippen LogP contribution in [0.15, 0.2) is 60.9 Å². The van der Waals surface area contributed by atoms with Crippen LogP contribution in [0.2, 0.25) is 10.0 Å². The van der Waals surface area contributed by atoms with E-state index in [1.165, 1.54) is 24.5 Å². The molecule has 6 nitrogen and oxygen atoms in total. The zero-order chi connectivity index (χ0) is 18.5. The van der Waals surface area contributed by atoms with Crippen molar-refractivity contribution in [2.24, 2.45) is 0 Å². The Kier molecular flexibility index (Phi) is 5.46. The molecular weight excluding hydrogens is 375 g/mol. The van der Waals surface area contributed by atoms with Gasteiger partial charge in [-0.1, -0.05) is 59.6 Å². The summed E-state index contributed by atoms with van der Waals surface area (Å²) in [7, 11) is 0. The average molecular weight is 387 g/mol. The molecule has 0 aliphatic carbocycles. The lowest BCUT2D eigenvalue weighted by molar-refractivity contribution is 0.0967. The molecule has 1 aromatic heterocycles. The summed E-state index contributed by atoms with van der Waals surface area (Å²) < 4.78 is 0. The zero-order valence-electron chi connectivity index (χ0n) is 13.2. The van der Waals surface area contributed by atoms with Gasteiger partial charge in [-0.2, -0.15) is 0 Å². The van der Waals surface area contributed by atoms with E-state index in [1.807, 2.05) is 30.3 Å². The van der Waals surface area contributed by atoms with Crippen LogP contribution < -0.4 is 10.6 Å². The van der Waals surface area contributed by atoms with Crippen LogP contribution in [0, 0.1) is 0 Å². The summed E-state index contributed by atoms with van der Waals surface area (Å²) in [6.07, 6.45) is 2.92. The van der Waals surface area contributed by atoms with Crippen LogP contribution in [-0.2, 0) is 0 Å². The zero-order valence-corrected chi connectivity index (χ0v) is 14.8. The molecule has 0 aliphatic heterocycles. The van der Waals surface area contributed by atoms with E-state index < -0.39 is 11.9 Å². The summed E-state index contributed by atoms with van der Waals surface area (Å²) in [6, 6.07) is 13.3. The quantitative estimate of drug-likeness (QED) is 0.697. The highest BCUT2D eigenvalue weighted by atomic mass is 35.5. The molecule has 3 aromatic rings. The van der Waals surface area contributed by atoms with Crippen LogP contribution in [0.4, 0.5) is 10.6 Å². The minimum atomic E-state index is -0.771. The standard InChI is InChI=1S/C18H12Cl2N4O2/c19-12-7-4-8-13(20)16(12)17(25)24-18(26)23-15-10-21-14(9-22-15)11-5-2-1-3-6-11/h1-10H,(H2,22,23,24,25,26).